The lowest BCUT2D eigenvalue weighted by Crippen LogP contribution is -2.20. The van der Waals surface area contributed by atoms with Gasteiger partial charge in [0.25, 0.3) is 0 Å². The number of hydrogen-bond donors (Lipinski definition) is 0. The monoisotopic (exact) mass is 440 g/mol. The molecule has 0 aliphatic heterocycles. The molecular formula is C24H22F2N2O4. The summed E-state index contributed by atoms with van der Waals surface area (Å²) in [4.78, 5) is 28.6. The zero-order valence-electron chi connectivity index (χ0n) is 18.1. The molecule has 0 radical (unpaired) electrons. The van der Waals surface area contributed by atoms with Crippen LogP contribution in [-0.2, 0) is 9.47 Å². The minimum absolute atomic E-state index is 0.177. The molecule has 0 amide bonds. The van der Waals surface area contributed by atoms with Crippen LogP contribution in [0.5, 0.6) is 0 Å². The first-order valence-corrected chi connectivity index (χ1v) is 9.60. The van der Waals surface area contributed by atoms with E-state index >= 15 is 0 Å². The van der Waals surface area contributed by atoms with Gasteiger partial charge in [-0.2, -0.15) is 0 Å². The molecule has 0 unspecified atom stereocenters. The fourth-order valence-corrected chi connectivity index (χ4v) is 3.29. The van der Waals surface area contributed by atoms with E-state index in [1.165, 1.54) is 50.6 Å². The zero-order valence-corrected chi connectivity index (χ0v) is 18.1. The first-order valence-electron chi connectivity index (χ1n) is 9.60. The van der Waals surface area contributed by atoms with Gasteiger partial charge in [-0.1, -0.05) is 0 Å². The summed E-state index contributed by atoms with van der Waals surface area (Å²) in [6.07, 6.45) is 0. The average Bonchev–Trinajstić information content (AvgIpc) is 2.82. The normalized spacial score (nSPS) is 10.4. The number of hydrogen-bond acceptors (Lipinski definition) is 6. The Hall–Kier alpha value is -3.94. The maximum Gasteiger partial charge on any atom is 0.340 e. The van der Waals surface area contributed by atoms with Crippen molar-refractivity contribution in [1.29, 1.82) is 0 Å². The van der Waals surface area contributed by atoms with Gasteiger partial charge in [0.2, 0.25) is 0 Å². The lowest BCUT2D eigenvalue weighted by molar-refractivity contribution is 0.0588. The Morgan fingerprint density at radius 1 is 0.656 bits per heavy atom. The Kier molecular flexibility index (Phi) is 6.73. The molecule has 6 nitrogen and oxygen atoms in total. The van der Waals surface area contributed by atoms with Gasteiger partial charge in [-0.25, -0.2) is 18.4 Å². The fraction of sp³-hybridized carbons (Fsp3) is 0.167. The van der Waals surface area contributed by atoms with Crippen LogP contribution in [0, 0.1) is 11.6 Å². The van der Waals surface area contributed by atoms with Crippen LogP contribution in [0.2, 0.25) is 0 Å². The van der Waals surface area contributed by atoms with Crippen molar-refractivity contribution >= 4 is 34.7 Å². The molecule has 0 heterocycles. The maximum atomic E-state index is 13.4. The average molecular weight is 440 g/mol. The number of benzene rings is 3. The number of carbonyl (C=O) groups excluding carboxylic acids is 2. The summed E-state index contributed by atoms with van der Waals surface area (Å²) < 4.78 is 36.7. The smallest absolute Gasteiger partial charge is 0.340 e. The molecule has 32 heavy (non-hydrogen) atoms. The van der Waals surface area contributed by atoms with Crippen molar-refractivity contribution in [2.24, 2.45) is 0 Å². The van der Waals surface area contributed by atoms with Crippen LogP contribution in [0.1, 0.15) is 20.7 Å². The molecule has 0 aromatic heterocycles. The van der Waals surface area contributed by atoms with Crippen LogP contribution in [0.15, 0.2) is 60.7 Å². The Morgan fingerprint density at radius 2 is 0.969 bits per heavy atom. The Labute approximate surface area is 184 Å². The number of anilines is 4. The second-order valence-electron chi connectivity index (χ2n) is 6.94. The van der Waals surface area contributed by atoms with Gasteiger partial charge in [0.1, 0.15) is 11.6 Å². The third-order valence-electron chi connectivity index (χ3n) is 5.08. The third kappa shape index (κ3) is 4.54. The number of ether oxygens (including phenoxy) is 2. The molecule has 0 fully saturated rings. The molecule has 0 bridgehead atoms. The quantitative estimate of drug-likeness (QED) is 0.499. The lowest BCUT2D eigenvalue weighted by atomic mass is 10.0. The Morgan fingerprint density at radius 3 is 1.25 bits per heavy atom. The van der Waals surface area contributed by atoms with E-state index < -0.39 is 23.6 Å². The highest BCUT2D eigenvalue weighted by atomic mass is 19.1. The van der Waals surface area contributed by atoms with Gasteiger partial charge in [0.15, 0.2) is 0 Å². The topological polar surface area (TPSA) is 59.1 Å². The molecule has 0 aliphatic carbocycles. The SMILES string of the molecule is COC(=O)c1cc(N(C)c2ccc(F)cc2)c(C(=O)OC)cc1N(C)c1ccc(F)cc1. The highest BCUT2D eigenvalue weighted by molar-refractivity contribution is 6.04. The third-order valence-corrected chi connectivity index (χ3v) is 5.08. The molecule has 8 heteroatoms. The number of halogens is 2. The van der Waals surface area contributed by atoms with E-state index in [0.29, 0.717) is 22.7 Å². The maximum absolute atomic E-state index is 13.4. The summed E-state index contributed by atoms with van der Waals surface area (Å²) in [6, 6.07) is 14.4. The molecule has 0 saturated heterocycles. The molecule has 3 aromatic carbocycles. The van der Waals surface area contributed by atoms with Crippen LogP contribution in [0.4, 0.5) is 31.5 Å². The number of esters is 2. The van der Waals surface area contributed by atoms with Gasteiger partial charge in [-0.05, 0) is 60.7 Å². The van der Waals surface area contributed by atoms with E-state index in [9.17, 15) is 18.4 Å². The molecule has 0 aliphatic rings. The molecule has 0 saturated carbocycles. The molecule has 0 atom stereocenters. The van der Waals surface area contributed by atoms with Crippen LogP contribution >= 0.6 is 0 Å². The first kappa shape index (κ1) is 22.7. The number of carbonyl (C=O) groups is 2. The summed E-state index contributed by atoms with van der Waals surface area (Å²) in [5.74, 6) is -2.05. The second-order valence-corrected chi connectivity index (χ2v) is 6.94. The van der Waals surface area contributed by atoms with Crippen molar-refractivity contribution in [3.05, 3.63) is 83.4 Å². The van der Waals surface area contributed by atoms with Gasteiger partial charge in [-0.15, -0.1) is 0 Å². The van der Waals surface area contributed by atoms with E-state index in [1.807, 2.05) is 0 Å². The minimum Gasteiger partial charge on any atom is -0.465 e. The van der Waals surface area contributed by atoms with Crippen LogP contribution in [0.3, 0.4) is 0 Å². The molecule has 166 valence electrons. The van der Waals surface area contributed by atoms with E-state index in [4.69, 9.17) is 9.47 Å². The Balaban J connectivity index is 2.21. The van der Waals surface area contributed by atoms with Gasteiger partial charge in [-0.3, -0.25) is 0 Å². The van der Waals surface area contributed by atoms with Crippen molar-refractivity contribution in [3.8, 4) is 0 Å². The van der Waals surface area contributed by atoms with Crippen LogP contribution in [0.25, 0.3) is 0 Å². The summed E-state index contributed by atoms with van der Waals surface area (Å²) in [6.45, 7) is 0. The standard InChI is InChI=1S/C24H22F2N2O4/c1-27(17-9-5-15(25)6-10-17)21-13-20(24(30)32-4)22(14-19(21)23(29)31-3)28(2)18-11-7-16(26)8-12-18/h5-14H,1-4H3. The molecule has 0 spiro atoms. The van der Waals surface area contributed by atoms with Gasteiger partial charge >= 0.3 is 11.9 Å². The second kappa shape index (κ2) is 9.47. The zero-order chi connectivity index (χ0) is 23.4. The van der Waals surface area contributed by atoms with Gasteiger partial charge in [0.05, 0.1) is 36.7 Å². The molecule has 0 N–H and O–H groups in total. The van der Waals surface area contributed by atoms with Gasteiger partial charge < -0.3 is 19.3 Å². The predicted octanol–water partition coefficient (Wildman–Crippen LogP) is 5.07. The van der Waals surface area contributed by atoms with Crippen molar-refractivity contribution in [2.45, 2.75) is 0 Å². The van der Waals surface area contributed by atoms with E-state index in [1.54, 1.807) is 48.2 Å². The van der Waals surface area contributed by atoms with Gasteiger partial charge in [0, 0.05) is 25.5 Å². The number of nitrogens with zero attached hydrogens (tertiary/aromatic N) is 2. The highest BCUT2D eigenvalue weighted by Gasteiger charge is 2.25. The molecule has 3 rings (SSSR count). The highest BCUT2D eigenvalue weighted by Crippen LogP contribution is 2.36. The fourth-order valence-electron chi connectivity index (χ4n) is 3.29. The van der Waals surface area contributed by atoms with Crippen LogP contribution < -0.4 is 9.80 Å². The van der Waals surface area contributed by atoms with Crippen molar-refractivity contribution in [2.75, 3.05) is 38.1 Å². The summed E-state index contributed by atoms with van der Waals surface area (Å²) in [7, 11) is 5.86. The first-order chi connectivity index (χ1) is 15.3. The van der Waals surface area contributed by atoms with E-state index in [0.717, 1.165) is 0 Å². The predicted molar refractivity (Wildman–Crippen MR) is 118 cm³/mol. The van der Waals surface area contributed by atoms with Crippen molar-refractivity contribution in [3.63, 3.8) is 0 Å². The summed E-state index contributed by atoms with van der Waals surface area (Å²) in [5, 5.41) is 0. The van der Waals surface area contributed by atoms with E-state index in [2.05, 4.69) is 0 Å². The minimum atomic E-state index is -0.626. The number of methoxy groups -OCH3 is 2. The van der Waals surface area contributed by atoms with Crippen molar-refractivity contribution in [1.82, 2.24) is 0 Å². The van der Waals surface area contributed by atoms with E-state index in [-0.39, 0.29) is 11.1 Å². The van der Waals surface area contributed by atoms with Crippen LogP contribution in [-0.4, -0.2) is 40.3 Å². The van der Waals surface area contributed by atoms with Crippen molar-refractivity contribution < 1.29 is 27.8 Å². The molecular weight excluding hydrogens is 418 g/mol. The largest absolute Gasteiger partial charge is 0.465 e. The Bertz CT molecular complexity index is 1040. The summed E-state index contributed by atoms with van der Waals surface area (Å²) >= 11 is 0. The number of rotatable bonds is 6. The summed E-state index contributed by atoms with van der Waals surface area (Å²) in [5.41, 5.74) is 2.26. The lowest BCUT2D eigenvalue weighted by Gasteiger charge is -2.27. The molecule has 3 aromatic rings.